The van der Waals surface area contributed by atoms with E-state index in [-0.39, 0.29) is 24.9 Å². The van der Waals surface area contributed by atoms with Gasteiger partial charge < -0.3 is 25.6 Å². The smallest absolute Gasteiger partial charge is 0.338 e. The number of nitrogens with one attached hydrogen (secondary N) is 3. The molecular formula is C28H29FN4O4. The Labute approximate surface area is 214 Å². The third-order valence-electron chi connectivity index (χ3n) is 5.97. The molecule has 192 valence electrons. The van der Waals surface area contributed by atoms with E-state index in [0.717, 1.165) is 37.2 Å². The molecule has 4 rings (SSSR count). The van der Waals surface area contributed by atoms with Gasteiger partial charge in [0.1, 0.15) is 5.82 Å². The second-order valence-corrected chi connectivity index (χ2v) is 8.61. The Balaban J connectivity index is 1.45. The summed E-state index contributed by atoms with van der Waals surface area (Å²) in [4.78, 5) is 39.7. The monoisotopic (exact) mass is 504 g/mol. The Morgan fingerprint density at radius 1 is 0.892 bits per heavy atom. The van der Waals surface area contributed by atoms with Crippen molar-refractivity contribution in [2.24, 2.45) is 0 Å². The van der Waals surface area contributed by atoms with Gasteiger partial charge in [-0.2, -0.15) is 0 Å². The summed E-state index contributed by atoms with van der Waals surface area (Å²) in [6, 6.07) is 17.1. The van der Waals surface area contributed by atoms with E-state index in [9.17, 15) is 18.8 Å². The lowest BCUT2D eigenvalue weighted by atomic mass is 10.1. The van der Waals surface area contributed by atoms with E-state index in [0.29, 0.717) is 22.5 Å². The Hall–Kier alpha value is -4.40. The lowest BCUT2D eigenvalue weighted by Crippen LogP contribution is -2.27. The minimum atomic E-state index is -0.490. The van der Waals surface area contributed by atoms with Crippen molar-refractivity contribution in [1.29, 1.82) is 0 Å². The van der Waals surface area contributed by atoms with Gasteiger partial charge in [-0.3, -0.25) is 4.79 Å². The first-order chi connectivity index (χ1) is 17.9. The molecule has 3 aromatic rings. The standard InChI is InChI=1S/C28H29FN4O4/c1-2-37-27(35)20-7-11-22(12-8-20)31-28(36)32-23-13-14-25(33-15-3-4-16-33)24(17-23)26(34)30-18-19-5-9-21(29)10-6-19/h5-14,17H,2-4,15-16,18H2,1H3,(H,30,34)(H2,31,32,36). The van der Waals surface area contributed by atoms with Crippen LogP contribution in [0.2, 0.25) is 0 Å². The molecule has 0 radical (unpaired) electrons. The lowest BCUT2D eigenvalue weighted by Gasteiger charge is -2.22. The summed E-state index contributed by atoms with van der Waals surface area (Å²) >= 11 is 0. The van der Waals surface area contributed by atoms with Crippen molar-refractivity contribution in [2.45, 2.75) is 26.3 Å². The first-order valence-corrected chi connectivity index (χ1v) is 12.2. The maximum absolute atomic E-state index is 13.2. The average molecular weight is 505 g/mol. The van der Waals surface area contributed by atoms with Gasteiger partial charge in [0.05, 0.1) is 17.7 Å². The number of anilines is 3. The molecule has 0 bridgehead atoms. The molecule has 1 heterocycles. The second kappa shape index (κ2) is 12.0. The summed E-state index contributed by atoms with van der Waals surface area (Å²) in [6.07, 6.45) is 2.10. The number of urea groups is 1. The molecule has 3 aromatic carbocycles. The number of benzene rings is 3. The molecule has 8 nitrogen and oxygen atoms in total. The van der Waals surface area contributed by atoms with E-state index in [1.54, 1.807) is 55.5 Å². The Kier molecular flexibility index (Phi) is 8.35. The number of carbonyl (C=O) groups excluding carboxylic acids is 3. The first kappa shape index (κ1) is 25.7. The molecule has 0 spiro atoms. The third kappa shape index (κ3) is 6.84. The van der Waals surface area contributed by atoms with Crippen LogP contribution in [0.25, 0.3) is 0 Å². The van der Waals surface area contributed by atoms with Crippen molar-refractivity contribution < 1.29 is 23.5 Å². The van der Waals surface area contributed by atoms with E-state index in [1.807, 2.05) is 6.07 Å². The van der Waals surface area contributed by atoms with Gasteiger partial charge in [-0.15, -0.1) is 0 Å². The van der Waals surface area contributed by atoms with Gasteiger partial charge in [0.25, 0.3) is 5.91 Å². The van der Waals surface area contributed by atoms with Crippen LogP contribution in [0.3, 0.4) is 0 Å². The third-order valence-corrected chi connectivity index (χ3v) is 5.97. The van der Waals surface area contributed by atoms with Crippen molar-refractivity contribution in [3.8, 4) is 0 Å². The van der Waals surface area contributed by atoms with Gasteiger partial charge in [-0.1, -0.05) is 12.1 Å². The molecule has 1 fully saturated rings. The normalized spacial score (nSPS) is 12.6. The molecule has 0 aliphatic carbocycles. The Morgan fingerprint density at radius 3 is 2.22 bits per heavy atom. The highest BCUT2D eigenvalue weighted by Crippen LogP contribution is 2.28. The quantitative estimate of drug-likeness (QED) is 0.367. The maximum atomic E-state index is 13.2. The molecule has 0 unspecified atom stereocenters. The maximum Gasteiger partial charge on any atom is 0.338 e. The van der Waals surface area contributed by atoms with E-state index >= 15 is 0 Å². The molecule has 37 heavy (non-hydrogen) atoms. The Bertz CT molecular complexity index is 1260. The van der Waals surface area contributed by atoms with Crippen molar-refractivity contribution in [2.75, 3.05) is 35.2 Å². The zero-order valence-electron chi connectivity index (χ0n) is 20.6. The van der Waals surface area contributed by atoms with Gasteiger partial charge in [-0.25, -0.2) is 14.0 Å². The summed E-state index contributed by atoms with van der Waals surface area (Å²) in [5.74, 6) is -1.05. The fraction of sp³-hybridized carbons (Fsp3) is 0.250. The SMILES string of the molecule is CCOC(=O)c1ccc(NC(=O)Nc2ccc(N3CCCC3)c(C(=O)NCc3ccc(F)cc3)c2)cc1. The summed E-state index contributed by atoms with van der Waals surface area (Å²) in [5.41, 5.74) is 3.36. The minimum Gasteiger partial charge on any atom is -0.462 e. The van der Waals surface area contributed by atoms with E-state index in [4.69, 9.17) is 4.74 Å². The van der Waals surface area contributed by atoms with Crippen LogP contribution in [0.5, 0.6) is 0 Å². The van der Waals surface area contributed by atoms with Crippen LogP contribution >= 0.6 is 0 Å². The molecule has 3 N–H and O–H groups in total. The molecular weight excluding hydrogens is 475 g/mol. The summed E-state index contributed by atoms with van der Waals surface area (Å²) in [5, 5.41) is 8.36. The van der Waals surface area contributed by atoms with Gasteiger partial charge in [0, 0.05) is 36.7 Å². The molecule has 1 aliphatic heterocycles. The highest BCUT2D eigenvalue weighted by Gasteiger charge is 2.20. The number of amides is 3. The largest absolute Gasteiger partial charge is 0.462 e. The minimum absolute atomic E-state index is 0.249. The molecule has 3 amide bonds. The van der Waals surface area contributed by atoms with Gasteiger partial charge >= 0.3 is 12.0 Å². The van der Waals surface area contributed by atoms with Crippen LogP contribution in [0.15, 0.2) is 66.7 Å². The number of ether oxygens (including phenoxy) is 1. The van der Waals surface area contributed by atoms with Crippen LogP contribution < -0.4 is 20.9 Å². The molecule has 9 heteroatoms. The highest BCUT2D eigenvalue weighted by atomic mass is 19.1. The van der Waals surface area contributed by atoms with Gasteiger partial charge in [0.2, 0.25) is 0 Å². The molecule has 1 saturated heterocycles. The van der Waals surface area contributed by atoms with Gasteiger partial charge in [0.15, 0.2) is 0 Å². The second-order valence-electron chi connectivity index (χ2n) is 8.61. The van der Waals surface area contributed by atoms with E-state index in [2.05, 4.69) is 20.9 Å². The van der Waals surface area contributed by atoms with Crippen LogP contribution in [0.4, 0.5) is 26.2 Å². The molecule has 0 atom stereocenters. The average Bonchev–Trinajstić information content (AvgIpc) is 3.43. The van der Waals surface area contributed by atoms with Crippen LogP contribution in [0.1, 0.15) is 46.0 Å². The topological polar surface area (TPSA) is 99.8 Å². The summed E-state index contributed by atoms with van der Waals surface area (Å²) in [7, 11) is 0. The number of hydrogen-bond donors (Lipinski definition) is 3. The summed E-state index contributed by atoms with van der Waals surface area (Å²) < 4.78 is 18.2. The van der Waals surface area contributed by atoms with Crippen LogP contribution in [-0.4, -0.2) is 37.6 Å². The fourth-order valence-electron chi connectivity index (χ4n) is 4.11. The molecule has 0 saturated carbocycles. The highest BCUT2D eigenvalue weighted by molar-refractivity contribution is 6.04. The lowest BCUT2D eigenvalue weighted by molar-refractivity contribution is 0.0526. The predicted octanol–water partition coefficient (Wildman–Crippen LogP) is 5.18. The Morgan fingerprint density at radius 2 is 1.54 bits per heavy atom. The van der Waals surface area contributed by atoms with E-state index in [1.165, 1.54) is 12.1 Å². The zero-order valence-corrected chi connectivity index (χ0v) is 20.6. The number of halogens is 1. The molecule has 1 aliphatic rings. The predicted molar refractivity (Wildman–Crippen MR) is 140 cm³/mol. The number of rotatable bonds is 8. The van der Waals surface area contributed by atoms with Gasteiger partial charge in [-0.05, 0) is 79.9 Å². The van der Waals surface area contributed by atoms with Crippen molar-refractivity contribution in [1.82, 2.24) is 5.32 Å². The number of hydrogen-bond acceptors (Lipinski definition) is 5. The van der Waals surface area contributed by atoms with Crippen molar-refractivity contribution in [3.63, 3.8) is 0 Å². The van der Waals surface area contributed by atoms with E-state index < -0.39 is 12.0 Å². The fourth-order valence-corrected chi connectivity index (χ4v) is 4.11. The zero-order chi connectivity index (χ0) is 26.2. The molecule has 0 aromatic heterocycles. The first-order valence-electron chi connectivity index (χ1n) is 12.2. The number of nitrogens with zero attached hydrogens (tertiary/aromatic N) is 1. The van der Waals surface area contributed by atoms with Crippen LogP contribution in [0, 0.1) is 5.82 Å². The number of carbonyl (C=O) groups is 3. The van der Waals surface area contributed by atoms with Crippen molar-refractivity contribution >= 4 is 35.0 Å². The van der Waals surface area contributed by atoms with Crippen LogP contribution in [-0.2, 0) is 11.3 Å². The number of esters is 1. The van der Waals surface area contributed by atoms with Crippen molar-refractivity contribution in [3.05, 3.63) is 89.2 Å². The summed E-state index contributed by atoms with van der Waals surface area (Å²) in [6.45, 7) is 3.97.